The molecule has 1 atom stereocenters. The molecule has 0 saturated carbocycles. The third-order valence-electron chi connectivity index (χ3n) is 2.11. The topological polar surface area (TPSA) is 46.5 Å². The van der Waals surface area contributed by atoms with Gasteiger partial charge in [-0.05, 0) is 32.6 Å². The highest BCUT2D eigenvalue weighted by Crippen LogP contribution is 2.08. The van der Waals surface area contributed by atoms with Crippen molar-refractivity contribution in [2.24, 2.45) is 5.92 Å². The Hall–Kier alpha value is -0.830. The van der Waals surface area contributed by atoms with Crippen molar-refractivity contribution >= 4 is 5.97 Å². The van der Waals surface area contributed by atoms with E-state index in [-0.39, 0.29) is 6.10 Å². The van der Waals surface area contributed by atoms with Gasteiger partial charge in [0.05, 0.1) is 12.7 Å². The Labute approximate surface area is 92.1 Å². The van der Waals surface area contributed by atoms with Crippen LogP contribution >= 0.6 is 0 Å². The Morgan fingerprint density at radius 3 is 2.47 bits per heavy atom. The fourth-order valence-corrected chi connectivity index (χ4v) is 1.36. The molecule has 0 heterocycles. The molecule has 15 heavy (non-hydrogen) atoms. The van der Waals surface area contributed by atoms with Crippen LogP contribution in [0.1, 0.15) is 40.5 Å². The smallest absolute Gasteiger partial charge is 0.330 e. The van der Waals surface area contributed by atoms with Gasteiger partial charge in [0.25, 0.3) is 0 Å². The van der Waals surface area contributed by atoms with Gasteiger partial charge in [-0.1, -0.05) is 19.9 Å². The van der Waals surface area contributed by atoms with E-state index in [4.69, 9.17) is 9.84 Å². The summed E-state index contributed by atoms with van der Waals surface area (Å²) >= 11 is 0. The number of hydrogen-bond acceptors (Lipinski definition) is 2. The summed E-state index contributed by atoms with van der Waals surface area (Å²) in [4.78, 5) is 10.5. The summed E-state index contributed by atoms with van der Waals surface area (Å²) in [6, 6.07) is 0. The first-order valence-corrected chi connectivity index (χ1v) is 5.45. The van der Waals surface area contributed by atoms with Gasteiger partial charge < -0.3 is 9.84 Å². The summed E-state index contributed by atoms with van der Waals surface area (Å²) in [7, 11) is 0. The summed E-state index contributed by atoms with van der Waals surface area (Å²) < 4.78 is 5.55. The SMILES string of the molecule is CC(=CCCOC(C)CC(C)C)C(=O)O. The predicted molar refractivity (Wildman–Crippen MR) is 60.9 cm³/mol. The molecule has 0 aromatic rings. The first-order chi connectivity index (χ1) is 6.93. The summed E-state index contributed by atoms with van der Waals surface area (Å²) in [6.45, 7) is 8.56. The van der Waals surface area contributed by atoms with Gasteiger partial charge in [0.2, 0.25) is 0 Å². The van der Waals surface area contributed by atoms with Crippen molar-refractivity contribution < 1.29 is 14.6 Å². The molecule has 0 rings (SSSR count). The Morgan fingerprint density at radius 1 is 1.40 bits per heavy atom. The van der Waals surface area contributed by atoms with Crippen LogP contribution in [0.15, 0.2) is 11.6 Å². The molecule has 0 radical (unpaired) electrons. The van der Waals surface area contributed by atoms with Crippen molar-refractivity contribution in [1.82, 2.24) is 0 Å². The normalized spacial score (nSPS) is 14.3. The van der Waals surface area contributed by atoms with E-state index < -0.39 is 5.97 Å². The number of aliphatic carboxylic acids is 1. The number of hydrogen-bond donors (Lipinski definition) is 1. The highest BCUT2D eigenvalue weighted by molar-refractivity contribution is 5.85. The third kappa shape index (κ3) is 8.18. The van der Waals surface area contributed by atoms with Crippen molar-refractivity contribution in [2.75, 3.05) is 6.61 Å². The maximum Gasteiger partial charge on any atom is 0.330 e. The van der Waals surface area contributed by atoms with E-state index in [9.17, 15) is 4.79 Å². The molecule has 0 amide bonds. The molecule has 0 bridgehead atoms. The number of carbonyl (C=O) groups is 1. The van der Waals surface area contributed by atoms with Gasteiger partial charge in [-0.15, -0.1) is 0 Å². The van der Waals surface area contributed by atoms with Crippen LogP contribution in [0.2, 0.25) is 0 Å². The van der Waals surface area contributed by atoms with E-state index >= 15 is 0 Å². The lowest BCUT2D eigenvalue weighted by atomic mass is 10.1. The minimum absolute atomic E-state index is 0.253. The van der Waals surface area contributed by atoms with Gasteiger partial charge in [-0.3, -0.25) is 0 Å². The second-order valence-electron chi connectivity index (χ2n) is 4.29. The summed E-state index contributed by atoms with van der Waals surface area (Å²) in [5, 5.41) is 8.60. The van der Waals surface area contributed by atoms with E-state index in [1.165, 1.54) is 0 Å². The summed E-state index contributed by atoms with van der Waals surface area (Å²) in [6.07, 6.45) is 3.66. The van der Waals surface area contributed by atoms with Crippen LogP contribution in [0.25, 0.3) is 0 Å². The fourth-order valence-electron chi connectivity index (χ4n) is 1.36. The average molecular weight is 214 g/mol. The highest BCUT2D eigenvalue weighted by atomic mass is 16.5. The molecule has 0 aliphatic carbocycles. The lowest BCUT2D eigenvalue weighted by Crippen LogP contribution is -2.11. The minimum Gasteiger partial charge on any atom is -0.478 e. The monoisotopic (exact) mass is 214 g/mol. The van der Waals surface area contributed by atoms with E-state index in [0.29, 0.717) is 24.5 Å². The van der Waals surface area contributed by atoms with Gasteiger partial charge in [0.15, 0.2) is 0 Å². The van der Waals surface area contributed by atoms with Crippen LogP contribution in [0.3, 0.4) is 0 Å². The van der Waals surface area contributed by atoms with Crippen molar-refractivity contribution in [1.29, 1.82) is 0 Å². The van der Waals surface area contributed by atoms with Gasteiger partial charge in [0, 0.05) is 5.57 Å². The Morgan fingerprint density at radius 2 is 2.00 bits per heavy atom. The third-order valence-corrected chi connectivity index (χ3v) is 2.11. The molecule has 0 aliphatic rings. The number of carboxylic acid groups (broad SMARTS) is 1. The molecule has 0 aromatic heterocycles. The van der Waals surface area contributed by atoms with Crippen LogP contribution in [0.4, 0.5) is 0 Å². The molecule has 1 unspecified atom stereocenters. The molecule has 0 saturated heterocycles. The maximum atomic E-state index is 10.5. The van der Waals surface area contributed by atoms with Crippen LogP contribution in [0, 0.1) is 5.92 Å². The van der Waals surface area contributed by atoms with Crippen molar-refractivity contribution in [3.05, 3.63) is 11.6 Å². The van der Waals surface area contributed by atoms with E-state index in [2.05, 4.69) is 13.8 Å². The number of rotatable bonds is 7. The van der Waals surface area contributed by atoms with E-state index in [1.807, 2.05) is 6.92 Å². The zero-order valence-electron chi connectivity index (χ0n) is 10.1. The molecule has 0 aliphatic heterocycles. The van der Waals surface area contributed by atoms with Gasteiger partial charge in [-0.25, -0.2) is 4.79 Å². The standard InChI is InChI=1S/C12H22O3/c1-9(2)8-11(4)15-7-5-6-10(3)12(13)14/h6,9,11H,5,7-8H2,1-4H3,(H,13,14). The average Bonchev–Trinajstić information content (AvgIpc) is 2.10. The Balaban J connectivity index is 3.62. The first kappa shape index (κ1) is 14.2. The summed E-state index contributed by atoms with van der Waals surface area (Å²) in [5.74, 6) is -0.221. The van der Waals surface area contributed by atoms with Crippen LogP contribution in [-0.4, -0.2) is 23.8 Å². The molecule has 1 N–H and O–H groups in total. The lowest BCUT2D eigenvalue weighted by molar-refractivity contribution is -0.132. The molecular formula is C12H22O3. The summed E-state index contributed by atoms with van der Waals surface area (Å²) in [5.41, 5.74) is 0.384. The predicted octanol–water partition coefficient (Wildman–Crippen LogP) is 2.86. The fraction of sp³-hybridized carbons (Fsp3) is 0.750. The van der Waals surface area contributed by atoms with Crippen LogP contribution in [-0.2, 0) is 9.53 Å². The number of ether oxygens (including phenoxy) is 1. The second-order valence-corrected chi connectivity index (χ2v) is 4.29. The van der Waals surface area contributed by atoms with Gasteiger partial charge in [0.1, 0.15) is 0 Å². The zero-order valence-corrected chi connectivity index (χ0v) is 10.1. The first-order valence-electron chi connectivity index (χ1n) is 5.45. The van der Waals surface area contributed by atoms with Crippen molar-refractivity contribution in [3.8, 4) is 0 Å². The highest BCUT2D eigenvalue weighted by Gasteiger charge is 2.04. The largest absolute Gasteiger partial charge is 0.478 e. The molecule has 3 heteroatoms. The number of carboxylic acids is 1. The van der Waals surface area contributed by atoms with Crippen molar-refractivity contribution in [3.63, 3.8) is 0 Å². The maximum absolute atomic E-state index is 10.5. The quantitative estimate of drug-likeness (QED) is 0.523. The van der Waals surface area contributed by atoms with E-state index in [1.54, 1.807) is 13.0 Å². The molecular weight excluding hydrogens is 192 g/mol. The van der Waals surface area contributed by atoms with E-state index in [0.717, 1.165) is 6.42 Å². The minimum atomic E-state index is -0.856. The second kappa shape index (κ2) is 7.46. The lowest BCUT2D eigenvalue weighted by Gasteiger charge is -2.14. The van der Waals surface area contributed by atoms with Crippen LogP contribution in [0.5, 0.6) is 0 Å². The Bertz CT molecular complexity index is 219. The Kier molecular flexibility index (Phi) is 7.05. The van der Waals surface area contributed by atoms with Crippen molar-refractivity contribution in [2.45, 2.75) is 46.6 Å². The molecule has 0 aromatic carbocycles. The molecule has 3 nitrogen and oxygen atoms in total. The van der Waals surface area contributed by atoms with Gasteiger partial charge >= 0.3 is 5.97 Å². The zero-order chi connectivity index (χ0) is 11.8. The van der Waals surface area contributed by atoms with Gasteiger partial charge in [-0.2, -0.15) is 0 Å². The van der Waals surface area contributed by atoms with Crippen LogP contribution < -0.4 is 0 Å². The molecule has 0 spiro atoms. The molecule has 0 fully saturated rings. The molecule has 88 valence electrons.